The third-order valence-corrected chi connectivity index (χ3v) is 4.28. The van der Waals surface area contributed by atoms with Gasteiger partial charge in [0, 0.05) is 23.0 Å². The lowest BCUT2D eigenvalue weighted by Gasteiger charge is -2.29. The Morgan fingerprint density at radius 3 is 2.95 bits per heavy atom. The summed E-state index contributed by atoms with van der Waals surface area (Å²) >= 11 is 1.55. The van der Waals surface area contributed by atoms with E-state index in [-0.39, 0.29) is 30.3 Å². The minimum absolute atomic E-state index is 0. The number of aliphatic hydroxyl groups is 1. The van der Waals surface area contributed by atoms with Crippen molar-refractivity contribution >= 4 is 29.7 Å². The number of aryl methyl sites for hydroxylation is 1. The quantitative estimate of drug-likeness (QED) is 0.776. The molecule has 108 valence electrons. The van der Waals surface area contributed by atoms with Crippen LogP contribution in [0.4, 0.5) is 0 Å². The topological polar surface area (TPSA) is 88.2 Å². The summed E-state index contributed by atoms with van der Waals surface area (Å²) in [5.41, 5.74) is 6.76. The molecule has 0 saturated heterocycles. The number of nitrogens with zero attached hydrogens (tertiary/aromatic N) is 1. The maximum Gasteiger partial charge on any atom is 0.223 e. The van der Waals surface area contributed by atoms with Crippen molar-refractivity contribution in [3.05, 3.63) is 16.1 Å². The van der Waals surface area contributed by atoms with E-state index >= 15 is 0 Å². The van der Waals surface area contributed by atoms with Gasteiger partial charge in [0.2, 0.25) is 5.91 Å². The van der Waals surface area contributed by atoms with Crippen LogP contribution in [0.1, 0.15) is 30.0 Å². The highest BCUT2D eigenvalue weighted by molar-refractivity contribution is 7.09. The van der Waals surface area contributed by atoms with Crippen LogP contribution in [0.15, 0.2) is 5.38 Å². The molecule has 0 aromatic carbocycles. The Morgan fingerprint density at radius 1 is 1.63 bits per heavy atom. The Hall–Kier alpha value is -0.690. The van der Waals surface area contributed by atoms with Crippen LogP contribution in [0.2, 0.25) is 0 Å². The van der Waals surface area contributed by atoms with Crippen molar-refractivity contribution < 1.29 is 9.90 Å². The SMILES string of the molecule is Cc1csc(CNC(=O)[C@H]2CC[C@@H](O)[C@H](N)C2)n1.Cl. The van der Waals surface area contributed by atoms with Gasteiger partial charge in [0.1, 0.15) is 5.01 Å². The lowest BCUT2D eigenvalue weighted by Crippen LogP contribution is -2.44. The minimum Gasteiger partial charge on any atom is -0.392 e. The van der Waals surface area contributed by atoms with Crippen LogP contribution < -0.4 is 11.1 Å². The zero-order valence-corrected chi connectivity index (χ0v) is 12.5. The molecule has 7 heteroatoms. The molecule has 0 radical (unpaired) electrons. The van der Waals surface area contributed by atoms with Gasteiger partial charge in [0.15, 0.2) is 0 Å². The van der Waals surface area contributed by atoms with Crippen molar-refractivity contribution in [1.29, 1.82) is 0 Å². The van der Waals surface area contributed by atoms with Crippen molar-refractivity contribution in [2.24, 2.45) is 11.7 Å². The number of carbonyl (C=O) groups excluding carboxylic acids is 1. The van der Waals surface area contributed by atoms with E-state index in [1.54, 1.807) is 11.3 Å². The first-order chi connectivity index (χ1) is 8.56. The van der Waals surface area contributed by atoms with Gasteiger partial charge in [0.25, 0.3) is 0 Å². The number of carbonyl (C=O) groups is 1. The van der Waals surface area contributed by atoms with Crippen molar-refractivity contribution in [2.45, 2.75) is 44.9 Å². The largest absolute Gasteiger partial charge is 0.392 e. The zero-order valence-electron chi connectivity index (χ0n) is 10.8. The molecule has 1 amide bonds. The number of halogens is 1. The number of amides is 1. The van der Waals surface area contributed by atoms with Gasteiger partial charge in [-0.2, -0.15) is 0 Å². The highest BCUT2D eigenvalue weighted by Gasteiger charge is 2.30. The number of hydrogen-bond donors (Lipinski definition) is 3. The predicted molar refractivity (Wildman–Crippen MR) is 77.3 cm³/mol. The summed E-state index contributed by atoms with van der Waals surface area (Å²) in [5, 5.41) is 15.3. The lowest BCUT2D eigenvalue weighted by atomic mass is 9.84. The van der Waals surface area contributed by atoms with Crippen molar-refractivity contribution in [3.8, 4) is 0 Å². The van der Waals surface area contributed by atoms with E-state index in [9.17, 15) is 9.90 Å². The molecule has 1 aromatic rings. The molecule has 19 heavy (non-hydrogen) atoms. The second-order valence-electron chi connectivity index (χ2n) is 4.84. The molecule has 1 saturated carbocycles. The molecule has 2 rings (SSSR count). The Balaban J connectivity index is 0.00000180. The van der Waals surface area contributed by atoms with Crippen LogP contribution in [0.5, 0.6) is 0 Å². The fraction of sp³-hybridized carbons (Fsp3) is 0.667. The Labute approximate surface area is 123 Å². The van der Waals surface area contributed by atoms with Gasteiger partial charge in [-0.3, -0.25) is 4.79 Å². The second kappa shape index (κ2) is 7.19. The van der Waals surface area contributed by atoms with E-state index in [4.69, 9.17) is 5.73 Å². The third kappa shape index (κ3) is 4.42. The molecule has 1 heterocycles. The molecule has 1 aromatic heterocycles. The van der Waals surface area contributed by atoms with Crippen molar-refractivity contribution in [3.63, 3.8) is 0 Å². The predicted octanol–water partition coefficient (Wildman–Crippen LogP) is 0.978. The maximum atomic E-state index is 12.0. The normalized spacial score (nSPS) is 26.6. The summed E-state index contributed by atoms with van der Waals surface area (Å²) in [6, 6.07) is -0.281. The smallest absolute Gasteiger partial charge is 0.223 e. The van der Waals surface area contributed by atoms with E-state index in [0.29, 0.717) is 25.8 Å². The van der Waals surface area contributed by atoms with Gasteiger partial charge in [-0.1, -0.05) is 0 Å². The van der Waals surface area contributed by atoms with Gasteiger partial charge in [-0.05, 0) is 26.2 Å². The van der Waals surface area contributed by atoms with Crippen LogP contribution in [0, 0.1) is 12.8 Å². The molecular weight excluding hydrogens is 286 g/mol. The first-order valence-corrected chi connectivity index (χ1v) is 7.06. The maximum absolute atomic E-state index is 12.0. The molecule has 0 unspecified atom stereocenters. The Kier molecular flexibility index (Phi) is 6.19. The number of aliphatic hydroxyl groups excluding tert-OH is 1. The van der Waals surface area contributed by atoms with E-state index < -0.39 is 6.10 Å². The van der Waals surface area contributed by atoms with Crippen molar-refractivity contribution in [2.75, 3.05) is 0 Å². The molecule has 3 atom stereocenters. The molecule has 1 aliphatic carbocycles. The molecule has 5 nitrogen and oxygen atoms in total. The molecule has 0 spiro atoms. The number of hydrogen-bond acceptors (Lipinski definition) is 5. The number of nitrogens with two attached hydrogens (primary N) is 1. The van der Waals surface area contributed by atoms with Crippen LogP contribution in [0.3, 0.4) is 0 Å². The van der Waals surface area contributed by atoms with Gasteiger partial charge in [-0.15, -0.1) is 23.7 Å². The Morgan fingerprint density at radius 2 is 2.37 bits per heavy atom. The van der Waals surface area contributed by atoms with Crippen molar-refractivity contribution in [1.82, 2.24) is 10.3 Å². The lowest BCUT2D eigenvalue weighted by molar-refractivity contribution is -0.127. The summed E-state index contributed by atoms with van der Waals surface area (Å²) in [6.45, 7) is 2.41. The summed E-state index contributed by atoms with van der Waals surface area (Å²) in [6.07, 6.45) is 1.41. The van der Waals surface area contributed by atoms with E-state index in [1.165, 1.54) is 0 Å². The fourth-order valence-electron chi connectivity index (χ4n) is 2.22. The monoisotopic (exact) mass is 305 g/mol. The first kappa shape index (κ1) is 16.4. The number of nitrogens with one attached hydrogen (secondary N) is 1. The standard InChI is InChI=1S/C12H19N3O2S.ClH/c1-7-6-18-11(15-7)5-14-12(17)8-2-3-10(16)9(13)4-8;/h6,8-10,16H,2-5,13H2,1H3,(H,14,17);1H/t8-,9+,10+;/m0./s1. The van der Waals surface area contributed by atoms with Gasteiger partial charge >= 0.3 is 0 Å². The highest BCUT2D eigenvalue weighted by Crippen LogP contribution is 2.23. The summed E-state index contributed by atoms with van der Waals surface area (Å²) in [4.78, 5) is 16.3. The molecule has 4 N–H and O–H groups in total. The average Bonchev–Trinajstić information content (AvgIpc) is 2.75. The summed E-state index contributed by atoms with van der Waals surface area (Å²) < 4.78 is 0. The highest BCUT2D eigenvalue weighted by atomic mass is 35.5. The van der Waals surface area contributed by atoms with Crippen LogP contribution in [0.25, 0.3) is 0 Å². The van der Waals surface area contributed by atoms with Crippen LogP contribution >= 0.6 is 23.7 Å². The second-order valence-corrected chi connectivity index (χ2v) is 5.78. The first-order valence-electron chi connectivity index (χ1n) is 6.18. The molecule has 0 bridgehead atoms. The van der Waals surface area contributed by atoms with Crippen LogP contribution in [-0.4, -0.2) is 28.1 Å². The summed E-state index contributed by atoms with van der Waals surface area (Å²) in [5.74, 6) is -0.0605. The molecule has 1 fully saturated rings. The Bertz CT molecular complexity index is 427. The molecular formula is C12H20ClN3O2S. The number of aromatic nitrogens is 1. The van der Waals surface area contributed by atoms with E-state index in [2.05, 4.69) is 10.3 Å². The van der Waals surface area contributed by atoms with E-state index in [1.807, 2.05) is 12.3 Å². The molecule has 1 aliphatic rings. The third-order valence-electron chi connectivity index (χ3n) is 3.31. The minimum atomic E-state index is -0.462. The zero-order chi connectivity index (χ0) is 13.1. The molecule has 0 aliphatic heterocycles. The van der Waals surface area contributed by atoms with Gasteiger partial charge < -0.3 is 16.2 Å². The van der Waals surface area contributed by atoms with Gasteiger partial charge in [-0.25, -0.2) is 4.98 Å². The average molecular weight is 306 g/mol. The van der Waals surface area contributed by atoms with Crippen LogP contribution in [-0.2, 0) is 11.3 Å². The number of thiazole rings is 1. The fourth-order valence-corrected chi connectivity index (χ4v) is 2.93. The number of rotatable bonds is 3. The van der Waals surface area contributed by atoms with Gasteiger partial charge in [0.05, 0.1) is 12.6 Å². The van der Waals surface area contributed by atoms with E-state index in [0.717, 1.165) is 10.7 Å². The summed E-state index contributed by atoms with van der Waals surface area (Å²) in [7, 11) is 0.